The standard InChI is InChI=1S/C18H20ClNO3/c1-13-6-4-7-14(12-13)23-11-3-2-10-20-17-15(18(21)22)8-5-9-16(17)19/h4-9,12,20H,2-3,10-11H2,1H3,(H,21,22). The lowest BCUT2D eigenvalue weighted by molar-refractivity contribution is 0.0698. The van der Waals surface area contributed by atoms with Crippen molar-refractivity contribution in [2.24, 2.45) is 0 Å². The number of carboxylic acid groups (broad SMARTS) is 1. The van der Waals surface area contributed by atoms with Crippen LogP contribution in [0.2, 0.25) is 5.02 Å². The van der Waals surface area contributed by atoms with Crippen LogP contribution in [0.15, 0.2) is 42.5 Å². The summed E-state index contributed by atoms with van der Waals surface area (Å²) in [6.07, 6.45) is 1.73. The molecule has 0 fully saturated rings. The quantitative estimate of drug-likeness (QED) is 0.692. The first-order chi connectivity index (χ1) is 11.1. The number of carboxylic acids is 1. The molecule has 2 aromatic rings. The Morgan fingerprint density at radius 3 is 2.74 bits per heavy atom. The van der Waals surface area contributed by atoms with Crippen LogP contribution >= 0.6 is 11.6 Å². The summed E-state index contributed by atoms with van der Waals surface area (Å²) in [6, 6.07) is 12.8. The predicted octanol–water partition coefficient (Wildman–Crippen LogP) is 4.62. The predicted molar refractivity (Wildman–Crippen MR) is 92.8 cm³/mol. The van der Waals surface area contributed by atoms with Crippen LogP contribution < -0.4 is 10.1 Å². The van der Waals surface area contributed by atoms with E-state index in [0.29, 0.717) is 23.9 Å². The molecule has 2 N–H and O–H groups in total. The van der Waals surface area contributed by atoms with Crippen molar-refractivity contribution in [3.05, 3.63) is 58.6 Å². The van der Waals surface area contributed by atoms with E-state index >= 15 is 0 Å². The van der Waals surface area contributed by atoms with E-state index in [2.05, 4.69) is 5.32 Å². The summed E-state index contributed by atoms with van der Waals surface area (Å²) in [5.74, 6) is -0.116. The van der Waals surface area contributed by atoms with Gasteiger partial charge in [-0.15, -0.1) is 0 Å². The fourth-order valence-corrected chi connectivity index (χ4v) is 2.46. The van der Waals surface area contributed by atoms with Crippen molar-refractivity contribution < 1.29 is 14.6 Å². The first-order valence-corrected chi connectivity index (χ1v) is 7.91. The molecular weight excluding hydrogens is 314 g/mol. The van der Waals surface area contributed by atoms with Gasteiger partial charge in [-0.2, -0.15) is 0 Å². The Kier molecular flexibility index (Phi) is 6.29. The summed E-state index contributed by atoms with van der Waals surface area (Å²) in [6.45, 7) is 3.29. The van der Waals surface area contributed by atoms with Gasteiger partial charge in [0, 0.05) is 6.54 Å². The Hall–Kier alpha value is -2.20. The minimum Gasteiger partial charge on any atom is -0.494 e. The van der Waals surface area contributed by atoms with Crippen molar-refractivity contribution in [2.45, 2.75) is 19.8 Å². The zero-order valence-corrected chi connectivity index (χ0v) is 13.8. The highest BCUT2D eigenvalue weighted by Crippen LogP contribution is 2.26. The molecule has 0 aromatic heterocycles. The number of hydrogen-bond acceptors (Lipinski definition) is 3. The molecule has 0 spiro atoms. The molecule has 0 aliphatic carbocycles. The molecule has 0 atom stereocenters. The van der Waals surface area contributed by atoms with Gasteiger partial charge in [-0.1, -0.05) is 29.8 Å². The zero-order chi connectivity index (χ0) is 16.7. The van der Waals surface area contributed by atoms with Crippen molar-refractivity contribution in [3.8, 4) is 5.75 Å². The van der Waals surface area contributed by atoms with E-state index in [1.165, 1.54) is 11.6 Å². The normalized spacial score (nSPS) is 10.3. The molecule has 0 saturated heterocycles. The SMILES string of the molecule is Cc1cccc(OCCCCNc2c(Cl)cccc2C(=O)O)c1. The van der Waals surface area contributed by atoms with E-state index in [1.807, 2.05) is 31.2 Å². The number of unbranched alkanes of at least 4 members (excludes halogenated alkanes) is 1. The number of anilines is 1. The summed E-state index contributed by atoms with van der Waals surface area (Å²) >= 11 is 6.06. The summed E-state index contributed by atoms with van der Waals surface area (Å²) in [5, 5.41) is 12.7. The van der Waals surface area contributed by atoms with E-state index in [0.717, 1.165) is 18.6 Å². The lowest BCUT2D eigenvalue weighted by Crippen LogP contribution is -2.09. The summed E-state index contributed by atoms with van der Waals surface area (Å²) in [7, 11) is 0. The second-order valence-electron chi connectivity index (χ2n) is 5.27. The molecule has 0 heterocycles. The second-order valence-corrected chi connectivity index (χ2v) is 5.67. The van der Waals surface area contributed by atoms with Gasteiger partial charge in [-0.25, -0.2) is 4.79 Å². The molecule has 122 valence electrons. The third kappa shape index (κ3) is 5.18. The van der Waals surface area contributed by atoms with Crippen LogP contribution in [-0.2, 0) is 0 Å². The fourth-order valence-electron chi connectivity index (χ4n) is 2.22. The van der Waals surface area contributed by atoms with Crippen molar-refractivity contribution in [3.63, 3.8) is 0 Å². The maximum atomic E-state index is 11.2. The number of benzene rings is 2. The smallest absolute Gasteiger partial charge is 0.337 e. The Bertz CT molecular complexity index is 673. The molecule has 2 rings (SSSR count). The van der Waals surface area contributed by atoms with Crippen LogP contribution in [0, 0.1) is 6.92 Å². The van der Waals surface area contributed by atoms with Crippen LogP contribution in [0.5, 0.6) is 5.75 Å². The maximum Gasteiger partial charge on any atom is 0.337 e. The van der Waals surface area contributed by atoms with Crippen LogP contribution in [0.1, 0.15) is 28.8 Å². The number of para-hydroxylation sites is 1. The second kappa shape index (κ2) is 8.44. The van der Waals surface area contributed by atoms with Gasteiger partial charge in [0.1, 0.15) is 5.75 Å². The molecule has 0 aliphatic heterocycles. The fraction of sp³-hybridized carbons (Fsp3) is 0.278. The van der Waals surface area contributed by atoms with Gasteiger partial charge in [0.05, 0.1) is 22.9 Å². The number of aryl methyl sites for hydroxylation is 1. The lowest BCUT2D eigenvalue weighted by Gasteiger charge is -2.11. The minimum atomic E-state index is -0.988. The van der Waals surface area contributed by atoms with Gasteiger partial charge < -0.3 is 15.2 Å². The van der Waals surface area contributed by atoms with Gasteiger partial charge in [0.25, 0.3) is 0 Å². The number of hydrogen-bond donors (Lipinski definition) is 2. The molecule has 0 unspecified atom stereocenters. The molecule has 0 saturated carbocycles. The Balaban J connectivity index is 1.75. The maximum absolute atomic E-state index is 11.2. The molecule has 0 aliphatic rings. The Morgan fingerprint density at radius 1 is 1.22 bits per heavy atom. The molecule has 5 heteroatoms. The number of nitrogens with one attached hydrogen (secondary N) is 1. The van der Waals surface area contributed by atoms with Gasteiger partial charge in [-0.3, -0.25) is 0 Å². The van der Waals surface area contributed by atoms with Crippen molar-refractivity contribution in [1.29, 1.82) is 0 Å². The number of carbonyl (C=O) groups is 1. The van der Waals surface area contributed by atoms with E-state index in [1.54, 1.807) is 12.1 Å². The first-order valence-electron chi connectivity index (χ1n) is 7.53. The highest BCUT2D eigenvalue weighted by atomic mass is 35.5. The molecule has 4 nitrogen and oxygen atoms in total. The van der Waals surface area contributed by atoms with Gasteiger partial charge in [0.15, 0.2) is 0 Å². The van der Waals surface area contributed by atoms with Crippen LogP contribution in [0.3, 0.4) is 0 Å². The van der Waals surface area contributed by atoms with E-state index in [-0.39, 0.29) is 5.56 Å². The lowest BCUT2D eigenvalue weighted by atomic mass is 10.1. The van der Waals surface area contributed by atoms with Crippen LogP contribution in [0.4, 0.5) is 5.69 Å². The number of rotatable bonds is 8. The topological polar surface area (TPSA) is 58.6 Å². The highest BCUT2D eigenvalue weighted by molar-refractivity contribution is 6.34. The van der Waals surface area contributed by atoms with Gasteiger partial charge >= 0.3 is 5.97 Å². The van der Waals surface area contributed by atoms with Crippen LogP contribution in [-0.4, -0.2) is 24.2 Å². The third-order valence-electron chi connectivity index (χ3n) is 3.38. The summed E-state index contributed by atoms with van der Waals surface area (Å²) < 4.78 is 5.68. The average Bonchev–Trinajstić information content (AvgIpc) is 2.51. The molecule has 0 radical (unpaired) electrons. The van der Waals surface area contributed by atoms with Gasteiger partial charge in [-0.05, 0) is 49.6 Å². The van der Waals surface area contributed by atoms with E-state index in [4.69, 9.17) is 21.4 Å². The molecule has 0 bridgehead atoms. The Morgan fingerprint density at radius 2 is 2.00 bits per heavy atom. The number of aromatic carboxylic acids is 1. The zero-order valence-electron chi connectivity index (χ0n) is 13.0. The van der Waals surface area contributed by atoms with Crippen LogP contribution in [0.25, 0.3) is 0 Å². The average molecular weight is 334 g/mol. The first kappa shape index (κ1) is 17.2. The van der Waals surface area contributed by atoms with Crippen molar-refractivity contribution in [1.82, 2.24) is 0 Å². The Labute approximate surface area is 141 Å². The summed E-state index contributed by atoms with van der Waals surface area (Å²) in [5.41, 5.74) is 1.83. The molecule has 0 amide bonds. The van der Waals surface area contributed by atoms with E-state index < -0.39 is 5.97 Å². The summed E-state index contributed by atoms with van der Waals surface area (Å²) in [4.78, 5) is 11.2. The molecule has 2 aromatic carbocycles. The van der Waals surface area contributed by atoms with Crippen molar-refractivity contribution >= 4 is 23.3 Å². The number of ether oxygens (including phenoxy) is 1. The molecular formula is C18H20ClNO3. The monoisotopic (exact) mass is 333 g/mol. The van der Waals surface area contributed by atoms with Gasteiger partial charge in [0.2, 0.25) is 0 Å². The molecule has 23 heavy (non-hydrogen) atoms. The number of halogens is 1. The highest BCUT2D eigenvalue weighted by Gasteiger charge is 2.12. The van der Waals surface area contributed by atoms with E-state index in [9.17, 15) is 4.79 Å². The third-order valence-corrected chi connectivity index (χ3v) is 3.69. The van der Waals surface area contributed by atoms with Crippen molar-refractivity contribution in [2.75, 3.05) is 18.5 Å². The largest absolute Gasteiger partial charge is 0.494 e. The minimum absolute atomic E-state index is 0.188.